The Hall–Kier alpha value is -0.240. The van der Waals surface area contributed by atoms with Gasteiger partial charge < -0.3 is 20.4 Å². The van der Waals surface area contributed by atoms with Gasteiger partial charge in [-0.2, -0.15) is 0 Å². The third-order valence-electron chi connectivity index (χ3n) is 3.17. The lowest BCUT2D eigenvalue weighted by atomic mass is 10.0. The largest absolute Gasteiger partial charge is 0.389 e. The maximum absolute atomic E-state index is 10.1. The fraction of sp³-hybridized carbons (Fsp3) is 1.00. The highest BCUT2D eigenvalue weighted by Gasteiger charge is 2.27. The maximum atomic E-state index is 10.1. The van der Waals surface area contributed by atoms with Gasteiger partial charge in [0, 0.05) is 39.3 Å². The van der Waals surface area contributed by atoms with Gasteiger partial charge in [-0.05, 0) is 55.4 Å². The third-order valence-corrected chi connectivity index (χ3v) is 3.17. The summed E-state index contributed by atoms with van der Waals surface area (Å²) in [7, 11) is 0. The van der Waals surface area contributed by atoms with E-state index in [9.17, 15) is 20.4 Å². The zero-order valence-corrected chi connectivity index (χ0v) is 16.9. The average Bonchev–Trinajstić information content (AvgIpc) is 2.16. The van der Waals surface area contributed by atoms with E-state index in [1.54, 1.807) is 55.4 Å². The predicted molar refractivity (Wildman–Crippen MR) is 98.1 cm³/mol. The van der Waals surface area contributed by atoms with Gasteiger partial charge in [-0.3, -0.25) is 9.80 Å². The first-order valence-electron chi connectivity index (χ1n) is 8.71. The molecule has 0 saturated heterocycles. The third kappa shape index (κ3) is 15.3. The molecule has 0 unspecified atom stereocenters. The summed E-state index contributed by atoms with van der Waals surface area (Å²) >= 11 is 0. The molecular formula is C18H40N2O4. The van der Waals surface area contributed by atoms with Crippen LogP contribution in [-0.4, -0.2) is 91.9 Å². The summed E-state index contributed by atoms with van der Waals surface area (Å²) in [5.74, 6) is 0. The van der Waals surface area contributed by atoms with Gasteiger partial charge in [0.25, 0.3) is 0 Å². The number of hydrogen-bond donors (Lipinski definition) is 4. The van der Waals surface area contributed by atoms with Gasteiger partial charge in [0.15, 0.2) is 0 Å². The first-order chi connectivity index (χ1) is 10.4. The molecule has 0 aliphatic carbocycles. The molecule has 0 spiro atoms. The summed E-state index contributed by atoms with van der Waals surface area (Å²) in [6.07, 6.45) is 0. The lowest BCUT2D eigenvalue weighted by Gasteiger charge is -2.37. The van der Waals surface area contributed by atoms with Crippen molar-refractivity contribution < 1.29 is 20.4 Å². The molecule has 0 saturated carbocycles. The summed E-state index contributed by atoms with van der Waals surface area (Å²) in [6, 6.07) is 0. The maximum Gasteiger partial charge on any atom is 0.0718 e. The number of hydrogen-bond acceptors (Lipinski definition) is 6. The van der Waals surface area contributed by atoms with Crippen molar-refractivity contribution in [3.8, 4) is 0 Å². The minimum absolute atomic E-state index is 0.440. The number of rotatable bonds is 11. The SMILES string of the molecule is CC(C)(O)CN(CCN(CC(C)(C)O)CC(C)(C)O)CC(C)(C)O. The van der Waals surface area contributed by atoms with Crippen molar-refractivity contribution in [1.29, 1.82) is 0 Å². The molecule has 0 aromatic carbocycles. The van der Waals surface area contributed by atoms with Crippen LogP contribution in [0.15, 0.2) is 0 Å². The lowest BCUT2D eigenvalue weighted by molar-refractivity contribution is -0.0284. The summed E-state index contributed by atoms with van der Waals surface area (Å²) in [5.41, 5.74) is -3.43. The molecule has 4 N–H and O–H groups in total. The highest BCUT2D eigenvalue weighted by molar-refractivity contribution is 4.82. The van der Waals surface area contributed by atoms with E-state index in [1.165, 1.54) is 0 Å². The van der Waals surface area contributed by atoms with E-state index in [1.807, 2.05) is 9.80 Å². The Morgan fingerprint density at radius 3 is 0.750 bits per heavy atom. The van der Waals surface area contributed by atoms with Crippen LogP contribution in [0.3, 0.4) is 0 Å². The average molecular weight is 349 g/mol. The van der Waals surface area contributed by atoms with Crippen molar-refractivity contribution in [2.45, 2.75) is 77.8 Å². The molecule has 0 rings (SSSR count). The van der Waals surface area contributed by atoms with Crippen molar-refractivity contribution in [2.75, 3.05) is 39.3 Å². The van der Waals surface area contributed by atoms with Crippen molar-refractivity contribution >= 4 is 0 Å². The molecule has 24 heavy (non-hydrogen) atoms. The van der Waals surface area contributed by atoms with Crippen LogP contribution in [0.1, 0.15) is 55.4 Å². The van der Waals surface area contributed by atoms with E-state index in [4.69, 9.17) is 0 Å². The van der Waals surface area contributed by atoms with E-state index >= 15 is 0 Å². The second-order valence-corrected chi connectivity index (χ2v) is 9.67. The minimum atomic E-state index is -0.859. The Kier molecular flexibility index (Phi) is 8.34. The monoisotopic (exact) mass is 348 g/mol. The molecule has 6 nitrogen and oxygen atoms in total. The summed E-state index contributed by atoms with van der Waals surface area (Å²) in [4.78, 5) is 4.03. The number of aliphatic hydroxyl groups is 4. The molecule has 0 aromatic heterocycles. The van der Waals surface area contributed by atoms with Crippen molar-refractivity contribution in [1.82, 2.24) is 9.80 Å². The molecule has 0 bridgehead atoms. The zero-order chi connectivity index (χ0) is 19.4. The van der Waals surface area contributed by atoms with E-state index in [2.05, 4.69) is 0 Å². The summed E-state index contributed by atoms with van der Waals surface area (Å²) in [6.45, 7) is 17.0. The van der Waals surface area contributed by atoms with Gasteiger partial charge in [-0.25, -0.2) is 0 Å². The zero-order valence-electron chi connectivity index (χ0n) is 16.9. The van der Waals surface area contributed by atoms with Gasteiger partial charge in [-0.15, -0.1) is 0 Å². The van der Waals surface area contributed by atoms with Crippen LogP contribution < -0.4 is 0 Å². The molecule has 0 aromatic rings. The number of nitrogens with zero attached hydrogens (tertiary/aromatic N) is 2. The molecule has 0 amide bonds. The normalized spacial score (nSPS) is 14.8. The van der Waals surface area contributed by atoms with Gasteiger partial charge in [0.2, 0.25) is 0 Å². The van der Waals surface area contributed by atoms with Crippen LogP contribution in [0.5, 0.6) is 0 Å². The predicted octanol–water partition coefficient (Wildman–Crippen LogP) is 0.674. The Labute approximate surface area is 148 Å². The quantitative estimate of drug-likeness (QED) is 0.439. The topological polar surface area (TPSA) is 87.4 Å². The lowest BCUT2D eigenvalue weighted by Crippen LogP contribution is -2.51. The molecule has 0 aliphatic rings. The first-order valence-corrected chi connectivity index (χ1v) is 8.71. The van der Waals surface area contributed by atoms with E-state index in [0.717, 1.165) is 0 Å². The van der Waals surface area contributed by atoms with E-state index in [0.29, 0.717) is 39.3 Å². The Balaban J connectivity index is 4.94. The van der Waals surface area contributed by atoms with Crippen molar-refractivity contribution in [3.63, 3.8) is 0 Å². The summed E-state index contributed by atoms with van der Waals surface area (Å²) < 4.78 is 0. The van der Waals surface area contributed by atoms with Crippen LogP contribution in [0, 0.1) is 0 Å². The summed E-state index contributed by atoms with van der Waals surface area (Å²) in [5, 5.41) is 40.4. The van der Waals surface area contributed by atoms with Crippen LogP contribution in [0.4, 0.5) is 0 Å². The van der Waals surface area contributed by atoms with E-state index in [-0.39, 0.29) is 0 Å². The molecule has 0 fully saturated rings. The van der Waals surface area contributed by atoms with Gasteiger partial charge in [-0.1, -0.05) is 0 Å². The van der Waals surface area contributed by atoms with Crippen molar-refractivity contribution in [2.24, 2.45) is 0 Å². The van der Waals surface area contributed by atoms with Crippen LogP contribution in [0.2, 0.25) is 0 Å². The molecule has 0 aliphatic heterocycles. The second kappa shape index (κ2) is 8.43. The van der Waals surface area contributed by atoms with Gasteiger partial charge >= 0.3 is 0 Å². The van der Waals surface area contributed by atoms with E-state index < -0.39 is 22.4 Å². The fourth-order valence-electron chi connectivity index (χ4n) is 2.90. The molecule has 0 radical (unpaired) electrons. The first kappa shape index (κ1) is 23.8. The molecule has 0 atom stereocenters. The van der Waals surface area contributed by atoms with Crippen LogP contribution in [-0.2, 0) is 0 Å². The molecule has 0 heterocycles. The Morgan fingerprint density at radius 2 is 0.625 bits per heavy atom. The second-order valence-electron chi connectivity index (χ2n) is 9.67. The highest BCUT2D eigenvalue weighted by Crippen LogP contribution is 2.13. The Morgan fingerprint density at radius 1 is 0.458 bits per heavy atom. The molecule has 146 valence electrons. The minimum Gasteiger partial charge on any atom is -0.389 e. The molecular weight excluding hydrogens is 308 g/mol. The highest BCUT2D eigenvalue weighted by atomic mass is 16.3. The Bertz CT molecular complexity index is 291. The fourth-order valence-corrected chi connectivity index (χ4v) is 2.90. The van der Waals surface area contributed by atoms with Gasteiger partial charge in [0.1, 0.15) is 0 Å². The van der Waals surface area contributed by atoms with Crippen molar-refractivity contribution in [3.05, 3.63) is 0 Å². The smallest absolute Gasteiger partial charge is 0.0718 e. The van der Waals surface area contributed by atoms with Crippen LogP contribution >= 0.6 is 0 Å². The standard InChI is InChI=1S/C18H40N2O4/c1-15(2,21)11-19(12-16(3,4)22)9-10-20(13-17(5,6)23)14-18(7,8)24/h21-24H,9-14H2,1-8H3. The van der Waals surface area contributed by atoms with Crippen LogP contribution in [0.25, 0.3) is 0 Å². The molecule has 6 heteroatoms. The van der Waals surface area contributed by atoms with Gasteiger partial charge in [0.05, 0.1) is 22.4 Å².